The standard InChI is InChI=1S/C19H23N3O4/c1-24-17-7-6-14(11-18(17)25-2)8-10-21-15(12-20)16(23)13-26-19-5-3-4-9-22-19/h3-7,9,11,15-16,21,23H,8,10,13H2,1-2H3. The van der Waals surface area contributed by atoms with Crippen molar-refractivity contribution in [3.8, 4) is 23.4 Å². The van der Waals surface area contributed by atoms with E-state index in [2.05, 4.69) is 16.4 Å². The van der Waals surface area contributed by atoms with Gasteiger partial charge in [0.1, 0.15) is 18.8 Å². The maximum absolute atomic E-state index is 10.1. The number of aliphatic hydroxyl groups is 1. The summed E-state index contributed by atoms with van der Waals surface area (Å²) in [4.78, 5) is 4.01. The van der Waals surface area contributed by atoms with Crippen LogP contribution >= 0.6 is 0 Å². The van der Waals surface area contributed by atoms with Crippen molar-refractivity contribution in [2.24, 2.45) is 0 Å². The van der Waals surface area contributed by atoms with Gasteiger partial charge < -0.3 is 19.3 Å². The van der Waals surface area contributed by atoms with Gasteiger partial charge in [0.25, 0.3) is 0 Å². The lowest BCUT2D eigenvalue weighted by atomic mass is 10.1. The maximum atomic E-state index is 10.1. The van der Waals surface area contributed by atoms with Gasteiger partial charge in [-0.25, -0.2) is 4.98 Å². The first-order valence-corrected chi connectivity index (χ1v) is 8.23. The van der Waals surface area contributed by atoms with E-state index in [1.54, 1.807) is 38.6 Å². The van der Waals surface area contributed by atoms with Crippen LogP contribution in [0.4, 0.5) is 0 Å². The number of pyridine rings is 1. The third-order valence-electron chi connectivity index (χ3n) is 3.79. The van der Waals surface area contributed by atoms with Crippen molar-refractivity contribution in [2.75, 3.05) is 27.4 Å². The second kappa shape index (κ2) is 10.2. The van der Waals surface area contributed by atoms with Crippen molar-refractivity contribution in [1.82, 2.24) is 10.3 Å². The van der Waals surface area contributed by atoms with Crippen LogP contribution in [-0.4, -0.2) is 49.6 Å². The number of nitrogens with zero attached hydrogens (tertiary/aromatic N) is 2. The lowest BCUT2D eigenvalue weighted by Gasteiger charge is -2.18. The number of nitriles is 1. The molecule has 0 spiro atoms. The Labute approximate surface area is 153 Å². The Balaban J connectivity index is 1.82. The summed E-state index contributed by atoms with van der Waals surface area (Å²) in [6, 6.07) is 12.2. The van der Waals surface area contributed by atoms with E-state index in [0.717, 1.165) is 5.56 Å². The van der Waals surface area contributed by atoms with Gasteiger partial charge in [0, 0.05) is 18.8 Å². The van der Waals surface area contributed by atoms with Crippen LogP contribution in [0.5, 0.6) is 17.4 Å². The normalized spacial score (nSPS) is 12.7. The number of methoxy groups -OCH3 is 2. The largest absolute Gasteiger partial charge is 0.493 e. The van der Waals surface area contributed by atoms with Gasteiger partial charge in [-0.05, 0) is 30.2 Å². The fourth-order valence-electron chi connectivity index (χ4n) is 2.38. The molecule has 0 radical (unpaired) electrons. The molecule has 7 nitrogen and oxygen atoms in total. The van der Waals surface area contributed by atoms with Crippen molar-refractivity contribution in [3.05, 3.63) is 48.2 Å². The van der Waals surface area contributed by atoms with Crippen LogP contribution < -0.4 is 19.5 Å². The summed E-state index contributed by atoms with van der Waals surface area (Å²) in [5.41, 5.74) is 1.03. The number of aliphatic hydroxyl groups excluding tert-OH is 1. The van der Waals surface area contributed by atoms with Crippen molar-refractivity contribution in [2.45, 2.75) is 18.6 Å². The Bertz CT molecular complexity index is 718. The van der Waals surface area contributed by atoms with Crippen molar-refractivity contribution >= 4 is 0 Å². The predicted octanol–water partition coefficient (Wildman–Crippen LogP) is 1.56. The van der Waals surface area contributed by atoms with E-state index in [1.807, 2.05) is 18.2 Å². The zero-order valence-electron chi connectivity index (χ0n) is 14.9. The number of hydrogen-bond acceptors (Lipinski definition) is 7. The molecule has 0 fully saturated rings. The minimum Gasteiger partial charge on any atom is -0.493 e. The van der Waals surface area contributed by atoms with Gasteiger partial charge in [-0.1, -0.05) is 12.1 Å². The minimum atomic E-state index is -0.965. The van der Waals surface area contributed by atoms with E-state index in [-0.39, 0.29) is 6.61 Å². The van der Waals surface area contributed by atoms with Crippen LogP contribution in [0.25, 0.3) is 0 Å². The molecule has 0 aliphatic heterocycles. The van der Waals surface area contributed by atoms with Crippen LogP contribution in [0, 0.1) is 11.3 Å². The second-order valence-electron chi connectivity index (χ2n) is 5.55. The first-order valence-electron chi connectivity index (χ1n) is 8.23. The zero-order valence-corrected chi connectivity index (χ0v) is 14.9. The molecule has 138 valence electrons. The molecule has 2 unspecified atom stereocenters. The summed E-state index contributed by atoms with van der Waals surface area (Å²) in [6.07, 6.45) is 1.31. The number of benzene rings is 1. The van der Waals surface area contributed by atoms with Crippen molar-refractivity contribution in [3.63, 3.8) is 0 Å². The number of aromatic nitrogens is 1. The van der Waals surface area contributed by atoms with Gasteiger partial charge in [0.2, 0.25) is 5.88 Å². The number of nitrogens with one attached hydrogen (secondary N) is 1. The maximum Gasteiger partial charge on any atom is 0.213 e. The molecule has 0 aliphatic carbocycles. The highest BCUT2D eigenvalue weighted by Crippen LogP contribution is 2.27. The lowest BCUT2D eigenvalue weighted by molar-refractivity contribution is 0.0866. The minimum absolute atomic E-state index is 0.0153. The molecule has 0 aliphatic rings. The first kappa shape index (κ1) is 19.5. The van der Waals surface area contributed by atoms with E-state index < -0.39 is 12.1 Å². The van der Waals surface area contributed by atoms with Gasteiger partial charge in [-0.2, -0.15) is 5.26 Å². The SMILES string of the molecule is COc1ccc(CCNC(C#N)C(O)COc2ccccn2)cc1OC. The van der Waals surface area contributed by atoms with Crippen LogP contribution in [0.3, 0.4) is 0 Å². The van der Waals surface area contributed by atoms with E-state index in [9.17, 15) is 10.4 Å². The fraction of sp³-hybridized carbons (Fsp3) is 0.368. The number of hydrogen-bond donors (Lipinski definition) is 2. The first-order chi connectivity index (χ1) is 12.7. The third kappa shape index (κ3) is 5.62. The van der Waals surface area contributed by atoms with Gasteiger partial charge >= 0.3 is 0 Å². The topological polar surface area (TPSA) is 96.6 Å². The monoisotopic (exact) mass is 357 g/mol. The quantitative estimate of drug-likeness (QED) is 0.666. The zero-order chi connectivity index (χ0) is 18.8. The summed E-state index contributed by atoms with van der Waals surface area (Å²) >= 11 is 0. The average Bonchev–Trinajstić information content (AvgIpc) is 2.70. The molecule has 0 bridgehead atoms. The lowest BCUT2D eigenvalue weighted by Crippen LogP contribution is -2.42. The summed E-state index contributed by atoms with van der Waals surface area (Å²) in [5, 5.41) is 22.4. The predicted molar refractivity (Wildman–Crippen MR) is 96.4 cm³/mol. The molecule has 0 amide bonds. The van der Waals surface area contributed by atoms with E-state index in [0.29, 0.717) is 30.3 Å². The molecule has 7 heteroatoms. The summed E-state index contributed by atoms with van der Waals surface area (Å²) in [7, 11) is 3.18. The molecule has 26 heavy (non-hydrogen) atoms. The van der Waals surface area contributed by atoms with Crippen molar-refractivity contribution in [1.29, 1.82) is 5.26 Å². The molecule has 2 rings (SSSR count). The van der Waals surface area contributed by atoms with E-state index in [4.69, 9.17) is 14.2 Å². The van der Waals surface area contributed by atoms with Gasteiger partial charge in [-0.3, -0.25) is 5.32 Å². The Morgan fingerprint density at radius 1 is 1.19 bits per heavy atom. The molecule has 2 N–H and O–H groups in total. The van der Waals surface area contributed by atoms with E-state index >= 15 is 0 Å². The highest BCUT2D eigenvalue weighted by Gasteiger charge is 2.19. The van der Waals surface area contributed by atoms with Gasteiger partial charge in [0.05, 0.1) is 20.3 Å². The van der Waals surface area contributed by atoms with Crippen LogP contribution in [0.15, 0.2) is 42.6 Å². The molecular weight excluding hydrogens is 334 g/mol. The molecule has 0 saturated heterocycles. The number of rotatable bonds is 10. The molecule has 1 aromatic carbocycles. The van der Waals surface area contributed by atoms with Crippen LogP contribution in [0.1, 0.15) is 5.56 Å². The fourth-order valence-corrected chi connectivity index (χ4v) is 2.38. The summed E-state index contributed by atoms with van der Waals surface area (Å²) < 4.78 is 15.9. The highest BCUT2D eigenvalue weighted by atomic mass is 16.5. The molecule has 1 heterocycles. The smallest absolute Gasteiger partial charge is 0.213 e. The molecule has 1 aromatic heterocycles. The summed E-state index contributed by atoms with van der Waals surface area (Å²) in [5.74, 6) is 1.74. The Kier molecular flexibility index (Phi) is 7.68. The molecular formula is C19H23N3O4. The van der Waals surface area contributed by atoms with Gasteiger partial charge in [-0.15, -0.1) is 0 Å². The highest BCUT2D eigenvalue weighted by molar-refractivity contribution is 5.42. The Hall–Kier alpha value is -2.82. The van der Waals surface area contributed by atoms with Crippen LogP contribution in [0.2, 0.25) is 0 Å². The Morgan fingerprint density at radius 2 is 2.00 bits per heavy atom. The Morgan fingerprint density at radius 3 is 2.65 bits per heavy atom. The molecule has 0 saturated carbocycles. The van der Waals surface area contributed by atoms with Crippen LogP contribution in [-0.2, 0) is 6.42 Å². The number of ether oxygens (including phenoxy) is 3. The average molecular weight is 357 g/mol. The molecule has 2 atom stereocenters. The second-order valence-corrected chi connectivity index (χ2v) is 5.55. The van der Waals surface area contributed by atoms with E-state index in [1.165, 1.54) is 0 Å². The van der Waals surface area contributed by atoms with Crippen molar-refractivity contribution < 1.29 is 19.3 Å². The van der Waals surface area contributed by atoms with Gasteiger partial charge in [0.15, 0.2) is 11.5 Å². The third-order valence-corrected chi connectivity index (χ3v) is 3.79. The summed E-state index contributed by atoms with van der Waals surface area (Å²) in [6.45, 7) is 0.507. The molecule has 2 aromatic rings.